The molecule has 0 aliphatic heterocycles. The fourth-order valence-corrected chi connectivity index (χ4v) is 0. The Hall–Kier alpha value is 4.43. The van der Waals surface area contributed by atoms with Crippen LogP contribution in [-0.4, -0.2) is 76.4 Å². The molecule has 0 aromatic carbocycles. The first-order chi connectivity index (χ1) is 2.65. The molecule has 1 radical (unpaired) electrons. The summed E-state index contributed by atoms with van der Waals surface area (Å²) in [6.07, 6.45) is 0. The van der Waals surface area contributed by atoms with Crippen LogP contribution in [0.25, 0.3) is 0 Å². The van der Waals surface area contributed by atoms with Gasteiger partial charge in [0.25, 0.3) is 0 Å². The van der Waals surface area contributed by atoms with E-state index in [1.165, 1.54) is 0 Å². The van der Waals surface area contributed by atoms with E-state index in [0.717, 1.165) is 0 Å². The molecule has 0 unspecified atom stereocenters. The fourth-order valence-electron chi connectivity index (χ4n) is 0. The first-order valence-electron chi connectivity index (χ1n) is 1.34. The van der Waals surface area contributed by atoms with Crippen molar-refractivity contribution in [3.63, 3.8) is 0 Å². The zero-order valence-electron chi connectivity index (χ0n) is 4.88. The van der Waals surface area contributed by atoms with Crippen molar-refractivity contribution in [3.05, 3.63) is 0 Å². The van der Waals surface area contributed by atoms with Gasteiger partial charge in [-0.1, -0.05) is 0 Å². The van der Waals surface area contributed by atoms with Crippen LogP contribution in [0.1, 0.15) is 0 Å². The molecule has 0 spiro atoms. The molecule has 0 bridgehead atoms. The van der Waals surface area contributed by atoms with Crippen LogP contribution in [0.4, 0.5) is 0 Å². The van der Waals surface area contributed by atoms with Crippen LogP contribution in [0.3, 0.4) is 0 Å². The Kier molecular flexibility index (Phi) is 16.8. The van der Waals surface area contributed by atoms with E-state index in [0.29, 0.717) is 0 Å². The van der Waals surface area contributed by atoms with Crippen LogP contribution < -0.4 is 0 Å². The van der Waals surface area contributed by atoms with Gasteiger partial charge in [0.15, 0.2) is 0 Å². The van der Waals surface area contributed by atoms with E-state index in [1.54, 1.807) is 0 Å². The van der Waals surface area contributed by atoms with Crippen LogP contribution in [0.2, 0.25) is 0 Å². The molecule has 13 heteroatoms. The van der Waals surface area contributed by atoms with Gasteiger partial charge in [0.2, 0.25) is 0 Å². The molecule has 0 fully saturated rings. The topological polar surface area (TPSA) is 137 Å². The summed E-state index contributed by atoms with van der Waals surface area (Å²) >= 11 is -2.07. The van der Waals surface area contributed by atoms with Crippen LogP contribution in [0.5, 0.6) is 0 Å². The Labute approximate surface area is 165 Å². The van der Waals surface area contributed by atoms with Gasteiger partial charge in [-0.2, -0.15) is 0 Å². The molecule has 0 aliphatic carbocycles. The standard InChI is InChI=1S/Ca.Na.Nb.2H2O.5O.Ta.Ti.U.3H/h;;;2*1H2;;;;;;;;;;;/q;;;;;;;;;;+1;;;;;/p-1. The second-order valence-corrected chi connectivity index (χ2v) is 51.9. The summed E-state index contributed by atoms with van der Waals surface area (Å²) in [5.41, 5.74) is 0. The molecule has 69 valence electrons. The SMILES string of the molecule is O.[CaH2].[NaH].[Nb].[O]=[Ta](=[O])(=[O])(=[O])(=[O])([OH])[U].[Ti]. The molecule has 0 saturated heterocycles. The number of rotatable bonds is 0. The third kappa shape index (κ3) is 174. The maximum absolute atomic E-state index is 9.97. The minimum absolute atomic E-state index is 0. The van der Waals surface area contributed by atoms with Crippen molar-refractivity contribution in [3.8, 4) is 0 Å². The molecule has 7 nitrogen and oxygen atoms in total. The fraction of sp³-hybridized carbons (Fsp3) is 0. The largest absolute Gasteiger partial charge is 0 e. The van der Waals surface area contributed by atoms with Crippen molar-refractivity contribution < 1.29 is 103 Å². The summed E-state index contributed by atoms with van der Waals surface area (Å²) in [5, 5.41) is 0. The Balaban J connectivity index is -0.0000000245. The van der Waals surface area contributed by atoms with E-state index in [2.05, 4.69) is 0 Å². The van der Waals surface area contributed by atoms with Crippen LogP contribution >= 0.6 is 0 Å². The molecule has 3 N–H and O–H groups in total. The molecule has 0 atom stereocenters. The Bertz CT molecular complexity index is 515. The van der Waals surface area contributed by atoms with Crippen molar-refractivity contribution in [1.82, 2.24) is 0 Å². The van der Waals surface area contributed by atoms with Gasteiger partial charge in [-0.15, -0.1) is 0 Å². The van der Waals surface area contributed by atoms with Crippen molar-refractivity contribution in [1.29, 1.82) is 0 Å². The summed E-state index contributed by atoms with van der Waals surface area (Å²) in [7, 11) is -9.97. The Morgan fingerprint density at radius 2 is 1.00 bits per heavy atom. The molecule has 0 rings (SSSR count). The minimum atomic E-state index is -9.97. The van der Waals surface area contributed by atoms with E-state index < -0.39 is 33.1 Å². The zero-order chi connectivity index (χ0) is 7.38. The average Bonchev–Trinajstić information content (AvgIpc) is 0.544. The van der Waals surface area contributed by atoms with E-state index in [1.807, 2.05) is 0 Å². The van der Waals surface area contributed by atoms with Crippen LogP contribution in [-0.2, 0) is 68.2 Å². The number of hydrogen-bond donors (Lipinski definition) is 1. The third-order valence-electron chi connectivity index (χ3n) is 0. The second kappa shape index (κ2) is 6.05. The number of hydrogen-bond acceptors (Lipinski definition) is 5. The van der Waals surface area contributed by atoms with Crippen molar-refractivity contribution in [2.24, 2.45) is 0 Å². The summed E-state index contributed by atoms with van der Waals surface area (Å²) in [4.78, 5) is 0. The zero-order valence-corrected chi connectivity index (χ0v) is 16.0. The van der Waals surface area contributed by atoms with Gasteiger partial charge in [0.1, 0.15) is 0 Å². The second-order valence-electron chi connectivity index (χ2n) is 1.71. The van der Waals surface area contributed by atoms with Crippen molar-refractivity contribution >= 4 is 67.3 Å². The van der Waals surface area contributed by atoms with E-state index >= 15 is 0 Å². The average molecular weight is 741 g/mol. The van der Waals surface area contributed by atoms with Gasteiger partial charge in [0, 0.05) is 44.1 Å². The molecule has 0 saturated carbocycles. The summed E-state index contributed by atoms with van der Waals surface area (Å²) in [5.74, 6) is 0. The quantitative estimate of drug-likeness (QED) is 0.256. The van der Waals surface area contributed by atoms with Crippen LogP contribution in [0.15, 0.2) is 0 Å². The molecular formula is H6CaNaNbO7TaTiU. The first-order valence-corrected chi connectivity index (χ1v) is 26.2. The first kappa shape index (κ1) is 36.0. The predicted molar refractivity (Wildman–Crippen MR) is 25.0 cm³/mol. The summed E-state index contributed by atoms with van der Waals surface area (Å²) in [6, 6.07) is 0. The summed E-state index contributed by atoms with van der Waals surface area (Å²) in [6.45, 7) is 0. The molecule has 0 aromatic heterocycles. The predicted octanol–water partition coefficient (Wildman–Crippen LogP) is -3.55. The molecule has 0 aliphatic rings. The van der Waals surface area contributed by atoms with Gasteiger partial charge >= 0.3 is 120 Å². The smallest absolute Gasteiger partial charge is 0 e. The van der Waals surface area contributed by atoms with Gasteiger partial charge in [-0.05, 0) is 0 Å². The maximum Gasteiger partial charge on any atom is 0 e. The molecule has 13 heavy (non-hydrogen) atoms. The maximum atomic E-state index is 9.44. The van der Waals surface area contributed by atoms with E-state index in [9.17, 15) is 16.3 Å². The molecular weight excluding hydrogens is 735 g/mol. The van der Waals surface area contributed by atoms with Crippen molar-refractivity contribution in [2.45, 2.75) is 0 Å². The van der Waals surface area contributed by atoms with Gasteiger partial charge in [-0.25, -0.2) is 0 Å². The minimum Gasteiger partial charge on any atom is 0 e. The molecule has 0 heterocycles. The molecule has 0 aromatic rings. The third-order valence-corrected chi connectivity index (χ3v) is 0. The van der Waals surface area contributed by atoms with Crippen molar-refractivity contribution in [2.75, 3.05) is 0 Å². The normalized spacial score (nSPS) is 12.6. The van der Waals surface area contributed by atoms with E-state index in [-0.39, 0.29) is 117 Å². The van der Waals surface area contributed by atoms with Gasteiger partial charge in [-0.3, -0.25) is 0 Å². The monoisotopic (exact) mass is 741 g/mol. The van der Waals surface area contributed by atoms with Gasteiger partial charge < -0.3 is 5.48 Å². The van der Waals surface area contributed by atoms with Gasteiger partial charge in [0.05, 0.1) is 0 Å². The van der Waals surface area contributed by atoms with Crippen LogP contribution in [0, 0.1) is 25.3 Å². The molecule has 0 amide bonds. The van der Waals surface area contributed by atoms with E-state index in [4.69, 9.17) is 3.61 Å². The summed E-state index contributed by atoms with van der Waals surface area (Å²) < 4.78 is 54.6. The Morgan fingerprint density at radius 1 is 1.00 bits per heavy atom. The Morgan fingerprint density at radius 3 is 1.00 bits per heavy atom.